The molecule has 0 spiro atoms. The fourth-order valence-corrected chi connectivity index (χ4v) is 4.24. The number of fused-ring (bicyclic) bond motifs is 2. The monoisotopic (exact) mass is 460 g/mol. The molecular weight excluding hydrogens is 440 g/mol. The summed E-state index contributed by atoms with van der Waals surface area (Å²) >= 11 is 6.14. The molecule has 7 heteroatoms. The van der Waals surface area contributed by atoms with Crippen molar-refractivity contribution in [3.8, 4) is 5.75 Å². The summed E-state index contributed by atoms with van der Waals surface area (Å²) < 4.78 is 11.6. The van der Waals surface area contributed by atoms with Crippen molar-refractivity contribution in [3.05, 3.63) is 98.5 Å². The van der Waals surface area contributed by atoms with E-state index < -0.39 is 11.9 Å². The highest BCUT2D eigenvalue weighted by molar-refractivity contribution is 6.31. The third-order valence-corrected chi connectivity index (χ3v) is 5.88. The van der Waals surface area contributed by atoms with Crippen LogP contribution in [0.15, 0.2) is 70.0 Å². The quantitative estimate of drug-likeness (QED) is 0.382. The van der Waals surface area contributed by atoms with Crippen LogP contribution in [0.3, 0.4) is 0 Å². The lowest BCUT2D eigenvalue weighted by molar-refractivity contribution is 0.0970. The third-order valence-electron chi connectivity index (χ3n) is 5.64. The van der Waals surface area contributed by atoms with Gasteiger partial charge in [0.1, 0.15) is 17.2 Å². The molecular formula is C26H21ClN2O4. The summed E-state index contributed by atoms with van der Waals surface area (Å²) in [4.78, 5) is 33.1. The average Bonchev–Trinajstić information content (AvgIpc) is 3.11. The standard InChI is InChI=1S/C26H21ClN2O4/c1-3-12-32-18-8-5-16(6-9-18)23-22-24(30)19-13-17(27)7-10-20(19)33-25(22)26(31)29(23)21-11-4-15(2)14-28-21/h4-11,13-14,23H,3,12H2,1-2H3. The Balaban J connectivity index is 1.72. The van der Waals surface area contributed by atoms with Gasteiger partial charge in [-0.2, -0.15) is 0 Å². The minimum atomic E-state index is -0.692. The highest BCUT2D eigenvalue weighted by Gasteiger charge is 2.44. The van der Waals surface area contributed by atoms with E-state index in [0.717, 1.165) is 23.3 Å². The minimum absolute atomic E-state index is 0.0218. The lowest BCUT2D eigenvalue weighted by Gasteiger charge is -2.24. The molecule has 0 radical (unpaired) electrons. The molecule has 0 fully saturated rings. The first-order chi connectivity index (χ1) is 16.0. The van der Waals surface area contributed by atoms with Crippen LogP contribution >= 0.6 is 11.6 Å². The van der Waals surface area contributed by atoms with Crippen molar-refractivity contribution in [1.29, 1.82) is 0 Å². The number of amides is 1. The smallest absolute Gasteiger partial charge is 0.296 e. The third kappa shape index (κ3) is 3.66. The van der Waals surface area contributed by atoms with Crippen LogP contribution in [0.1, 0.15) is 46.6 Å². The lowest BCUT2D eigenvalue weighted by atomic mass is 9.98. The fraction of sp³-hybridized carbons (Fsp3) is 0.192. The normalized spacial score (nSPS) is 15.2. The first-order valence-electron chi connectivity index (χ1n) is 10.7. The molecule has 0 N–H and O–H groups in total. The summed E-state index contributed by atoms with van der Waals surface area (Å²) in [7, 11) is 0. The van der Waals surface area contributed by atoms with Gasteiger partial charge in [0.2, 0.25) is 5.76 Å². The molecule has 33 heavy (non-hydrogen) atoms. The number of hydrogen-bond donors (Lipinski definition) is 0. The molecule has 2 aromatic heterocycles. The molecule has 6 nitrogen and oxygen atoms in total. The zero-order valence-electron chi connectivity index (χ0n) is 18.2. The van der Waals surface area contributed by atoms with Gasteiger partial charge in [-0.15, -0.1) is 0 Å². The zero-order chi connectivity index (χ0) is 23.1. The summed E-state index contributed by atoms with van der Waals surface area (Å²) in [6, 6.07) is 15.2. The number of carbonyl (C=O) groups excluding carboxylic acids is 1. The molecule has 0 aliphatic carbocycles. The van der Waals surface area contributed by atoms with E-state index in [1.54, 1.807) is 30.5 Å². The molecule has 166 valence electrons. The number of aryl methyl sites for hydroxylation is 1. The predicted molar refractivity (Wildman–Crippen MR) is 127 cm³/mol. The van der Waals surface area contributed by atoms with Crippen LogP contribution in [0.4, 0.5) is 5.82 Å². The summed E-state index contributed by atoms with van der Waals surface area (Å²) in [6.07, 6.45) is 2.59. The molecule has 0 bridgehead atoms. The first kappa shape index (κ1) is 21.2. The second-order valence-corrected chi connectivity index (χ2v) is 8.44. The van der Waals surface area contributed by atoms with Crippen molar-refractivity contribution < 1.29 is 13.9 Å². The maximum Gasteiger partial charge on any atom is 0.296 e. The fourth-order valence-electron chi connectivity index (χ4n) is 4.07. The van der Waals surface area contributed by atoms with Gasteiger partial charge in [-0.3, -0.25) is 14.5 Å². The molecule has 1 atom stereocenters. The van der Waals surface area contributed by atoms with Crippen LogP contribution < -0.4 is 15.1 Å². The Labute approximate surface area is 195 Å². The van der Waals surface area contributed by atoms with Crippen LogP contribution in [0.5, 0.6) is 5.75 Å². The van der Waals surface area contributed by atoms with Crippen molar-refractivity contribution in [2.24, 2.45) is 0 Å². The molecule has 1 aliphatic heterocycles. The maximum atomic E-state index is 13.6. The number of benzene rings is 2. The van der Waals surface area contributed by atoms with Gasteiger partial charge in [-0.05, 0) is 60.9 Å². The van der Waals surface area contributed by atoms with Crippen LogP contribution in [-0.4, -0.2) is 17.5 Å². The number of halogens is 1. The van der Waals surface area contributed by atoms with E-state index >= 15 is 0 Å². The number of anilines is 1. The second kappa shape index (κ2) is 8.37. The van der Waals surface area contributed by atoms with E-state index in [0.29, 0.717) is 28.4 Å². The first-order valence-corrected chi connectivity index (χ1v) is 11.1. The highest BCUT2D eigenvalue weighted by atomic mass is 35.5. The summed E-state index contributed by atoms with van der Waals surface area (Å²) in [5, 5.41) is 0.755. The molecule has 0 saturated heterocycles. The Morgan fingerprint density at radius 1 is 1.09 bits per heavy atom. The summed E-state index contributed by atoms with van der Waals surface area (Å²) in [5.74, 6) is 0.775. The van der Waals surface area contributed by atoms with Gasteiger partial charge in [-0.1, -0.05) is 36.7 Å². The number of ether oxygens (including phenoxy) is 1. The van der Waals surface area contributed by atoms with E-state index in [2.05, 4.69) is 4.98 Å². The average molecular weight is 461 g/mol. The van der Waals surface area contributed by atoms with Crippen LogP contribution in [0.25, 0.3) is 11.0 Å². The van der Waals surface area contributed by atoms with Crippen molar-refractivity contribution in [2.45, 2.75) is 26.3 Å². The Morgan fingerprint density at radius 2 is 1.88 bits per heavy atom. The zero-order valence-corrected chi connectivity index (χ0v) is 18.9. The van der Waals surface area contributed by atoms with Gasteiger partial charge in [0.05, 0.1) is 23.6 Å². The second-order valence-electron chi connectivity index (χ2n) is 8.00. The number of rotatable bonds is 5. The van der Waals surface area contributed by atoms with Crippen LogP contribution in [0.2, 0.25) is 5.02 Å². The predicted octanol–water partition coefficient (Wildman–Crippen LogP) is 5.69. The van der Waals surface area contributed by atoms with Crippen LogP contribution in [-0.2, 0) is 0 Å². The van der Waals surface area contributed by atoms with Gasteiger partial charge < -0.3 is 9.15 Å². The Bertz CT molecular complexity index is 1410. The van der Waals surface area contributed by atoms with Gasteiger partial charge in [0, 0.05) is 11.2 Å². The SMILES string of the molecule is CCCOc1ccc(C2c3c(oc4ccc(Cl)cc4c3=O)C(=O)N2c2ccc(C)cn2)cc1. The van der Waals surface area contributed by atoms with Gasteiger partial charge >= 0.3 is 0 Å². The largest absolute Gasteiger partial charge is 0.494 e. The lowest BCUT2D eigenvalue weighted by Crippen LogP contribution is -2.30. The molecule has 1 unspecified atom stereocenters. The minimum Gasteiger partial charge on any atom is -0.494 e. The van der Waals surface area contributed by atoms with Gasteiger partial charge in [0.15, 0.2) is 5.43 Å². The number of carbonyl (C=O) groups is 1. The maximum absolute atomic E-state index is 13.6. The highest BCUT2D eigenvalue weighted by Crippen LogP contribution is 2.41. The Morgan fingerprint density at radius 3 is 2.58 bits per heavy atom. The van der Waals surface area contributed by atoms with E-state index in [1.165, 1.54) is 4.90 Å². The number of nitrogens with zero attached hydrogens (tertiary/aromatic N) is 2. The van der Waals surface area contributed by atoms with Crippen molar-refractivity contribution >= 4 is 34.3 Å². The van der Waals surface area contributed by atoms with Crippen molar-refractivity contribution in [2.75, 3.05) is 11.5 Å². The van der Waals surface area contributed by atoms with Crippen molar-refractivity contribution in [3.63, 3.8) is 0 Å². The number of pyridine rings is 1. The number of aromatic nitrogens is 1. The molecule has 5 rings (SSSR count). The molecule has 1 amide bonds. The molecule has 1 aliphatic rings. The number of hydrogen-bond acceptors (Lipinski definition) is 5. The molecule has 2 aromatic carbocycles. The topological polar surface area (TPSA) is 72.6 Å². The van der Waals surface area contributed by atoms with Gasteiger partial charge in [0.25, 0.3) is 5.91 Å². The molecule has 4 aromatic rings. The van der Waals surface area contributed by atoms with E-state index in [9.17, 15) is 9.59 Å². The molecule has 3 heterocycles. The van der Waals surface area contributed by atoms with E-state index in [1.807, 2.05) is 44.2 Å². The Kier molecular flexibility index (Phi) is 5.38. The van der Waals surface area contributed by atoms with Gasteiger partial charge in [-0.25, -0.2) is 4.98 Å². The Hall–Kier alpha value is -3.64. The van der Waals surface area contributed by atoms with Crippen molar-refractivity contribution in [1.82, 2.24) is 4.98 Å². The van der Waals surface area contributed by atoms with E-state index in [4.69, 9.17) is 20.8 Å². The summed E-state index contributed by atoms with van der Waals surface area (Å²) in [6.45, 7) is 4.57. The van der Waals surface area contributed by atoms with E-state index in [-0.39, 0.29) is 16.8 Å². The molecule has 0 saturated carbocycles. The van der Waals surface area contributed by atoms with Crippen LogP contribution in [0, 0.1) is 6.92 Å². The summed E-state index contributed by atoms with van der Waals surface area (Å²) in [5.41, 5.74) is 2.03.